The molecule has 1 aliphatic rings. The Morgan fingerprint density at radius 3 is 2.38 bits per heavy atom. The molecule has 1 atom stereocenters. The van der Waals surface area contributed by atoms with Crippen molar-refractivity contribution in [3.05, 3.63) is 35.4 Å². The summed E-state index contributed by atoms with van der Waals surface area (Å²) in [4.78, 5) is 0. The van der Waals surface area contributed by atoms with Crippen LogP contribution in [0.2, 0.25) is 0 Å². The van der Waals surface area contributed by atoms with E-state index in [4.69, 9.17) is 4.74 Å². The Morgan fingerprint density at radius 2 is 1.88 bits per heavy atom. The van der Waals surface area contributed by atoms with Crippen molar-refractivity contribution in [3.63, 3.8) is 0 Å². The number of benzene rings is 1. The maximum Gasteiger partial charge on any atom is 0.0662 e. The molecule has 16 heavy (non-hydrogen) atoms. The van der Waals surface area contributed by atoms with Crippen LogP contribution in [-0.2, 0) is 10.2 Å². The smallest absolute Gasteiger partial charge is 0.0662 e. The predicted molar refractivity (Wildman–Crippen MR) is 66.7 cm³/mol. The third-order valence-electron chi connectivity index (χ3n) is 3.10. The molecule has 1 saturated heterocycles. The number of nitrogens with one attached hydrogen (secondary N) is 1. The van der Waals surface area contributed by atoms with Gasteiger partial charge in [0.2, 0.25) is 0 Å². The van der Waals surface area contributed by atoms with E-state index >= 15 is 0 Å². The third-order valence-corrected chi connectivity index (χ3v) is 3.10. The van der Waals surface area contributed by atoms with Crippen molar-refractivity contribution in [3.8, 4) is 0 Å². The average Bonchev–Trinajstić information content (AvgIpc) is 2.29. The summed E-state index contributed by atoms with van der Waals surface area (Å²) in [5.74, 6) is 0. The first-order chi connectivity index (χ1) is 7.57. The van der Waals surface area contributed by atoms with Crippen molar-refractivity contribution in [2.45, 2.75) is 32.2 Å². The Bertz CT molecular complexity index is 331. The van der Waals surface area contributed by atoms with Crippen LogP contribution in [0.1, 0.15) is 37.9 Å². The molecule has 0 aromatic heterocycles. The van der Waals surface area contributed by atoms with E-state index in [2.05, 4.69) is 50.4 Å². The highest BCUT2D eigenvalue weighted by atomic mass is 16.5. The first-order valence-corrected chi connectivity index (χ1v) is 5.99. The minimum Gasteiger partial charge on any atom is -0.378 e. The fraction of sp³-hybridized carbons (Fsp3) is 0.571. The lowest BCUT2D eigenvalue weighted by Crippen LogP contribution is -2.34. The third kappa shape index (κ3) is 2.63. The second-order valence-corrected chi connectivity index (χ2v) is 5.45. The zero-order chi connectivity index (χ0) is 11.6. The summed E-state index contributed by atoms with van der Waals surface area (Å²) >= 11 is 0. The van der Waals surface area contributed by atoms with Crippen LogP contribution in [0, 0.1) is 0 Å². The summed E-state index contributed by atoms with van der Waals surface area (Å²) in [6.45, 7) is 9.29. The van der Waals surface area contributed by atoms with Crippen molar-refractivity contribution in [1.29, 1.82) is 0 Å². The van der Waals surface area contributed by atoms with Crippen LogP contribution in [0.3, 0.4) is 0 Å². The van der Waals surface area contributed by atoms with Gasteiger partial charge in [-0.1, -0.05) is 45.0 Å². The molecule has 2 nitrogen and oxygen atoms in total. The van der Waals surface area contributed by atoms with E-state index in [-0.39, 0.29) is 5.41 Å². The lowest BCUT2D eigenvalue weighted by Gasteiger charge is -2.25. The summed E-state index contributed by atoms with van der Waals surface area (Å²) in [6.07, 6.45) is 0. The highest BCUT2D eigenvalue weighted by molar-refractivity contribution is 5.29. The van der Waals surface area contributed by atoms with E-state index < -0.39 is 0 Å². The van der Waals surface area contributed by atoms with Gasteiger partial charge in [-0.3, -0.25) is 0 Å². The zero-order valence-corrected chi connectivity index (χ0v) is 10.4. The minimum atomic E-state index is 0.231. The van der Waals surface area contributed by atoms with Crippen molar-refractivity contribution < 1.29 is 4.74 Å². The van der Waals surface area contributed by atoms with Crippen LogP contribution in [0.25, 0.3) is 0 Å². The Kier molecular flexibility index (Phi) is 3.31. The number of morpholine rings is 1. The Hall–Kier alpha value is -0.860. The van der Waals surface area contributed by atoms with Gasteiger partial charge in [0.25, 0.3) is 0 Å². The molecule has 0 aliphatic carbocycles. The molecule has 0 saturated carbocycles. The monoisotopic (exact) mass is 219 g/mol. The van der Waals surface area contributed by atoms with Gasteiger partial charge in [0.1, 0.15) is 0 Å². The van der Waals surface area contributed by atoms with E-state index in [1.54, 1.807) is 0 Å². The summed E-state index contributed by atoms with van der Waals surface area (Å²) in [7, 11) is 0. The summed E-state index contributed by atoms with van der Waals surface area (Å²) in [5, 5.41) is 3.47. The second-order valence-electron chi connectivity index (χ2n) is 5.45. The largest absolute Gasteiger partial charge is 0.378 e. The number of hydrogen-bond acceptors (Lipinski definition) is 2. The molecule has 1 aromatic carbocycles. The fourth-order valence-electron chi connectivity index (χ4n) is 1.99. The molecular weight excluding hydrogens is 198 g/mol. The SMILES string of the molecule is CC(C)(C)c1ccc(C2COCCN2)cc1. The molecule has 1 aromatic rings. The average molecular weight is 219 g/mol. The predicted octanol–water partition coefficient (Wildman–Crippen LogP) is 2.65. The molecule has 0 amide bonds. The molecule has 1 aliphatic heterocycles. The number of rotatable bonds is 1. The zero-order valence-electron chi connectivity index (χ0n) is 10.4. The van der Waals surface area contributed by atoms with Gasteiger partial charge < -0.3 is 10.1 Å². The molecule has 1 N–H and O–H groups in total. The van der Waals surface area contributed by atoms with Crippen molar-refractivity contribution in [2.75, 3.05) is 19.8 Å². The molecule has 2 heteroatoms. The fourth-order valence-corrected chi connectivity index (χ4v) is 1.99. The van der Waals surface area contributed by atoms with Crippen LogP contribution in [-0.4, -0.2) is 19.8 Å². The molecular formula is C14H21NO. The van der Waals surface area contributed by atoms with Gasteiger partial charge in [0, 0.05) is 6.54 Å². The minimum absolute atomic E-state index is 0.231. The van der Waals surface area contributed by atoms with Crippen LogP contribution in [0.15, 0.2) is 24.3 Å². The molecule has 1 fully saturated rings. The van der Waals surface area contributed by atoms with Gasteiger partial charge in [0.15, 0.2) is 0 Å². The lowest BCUT2D eigenvalue weighted by atomic mass is 9.86. The van der Waals surface area contributed by atoms with Gasteiger partial charge in [-0.2, -0.15) is 0 Å². The highest BCUT2D eigenvalue weighted by Gasteiger charge is 2.17. The van der Waals surface area contributed by atoms with Gasteiger partial charge in [-0.25, -0.2) is 0 Å². The second kappa shape index (κ2) is 4.56. The normalized spacial score (nSPS) is 22.1. The van der Waals surface area contributed by atoms with E-state index in [0.29, 0.717) is 6.04 Å². The maximum atomic E-state index is 5.47. The first kappa shape index (κ1) is 11.6. The molecule has 2 rings (SSSR count). The van der Waals surface area contributed by atoms with Crippen molar-refractivity contribution in [2.24, 2.45) is 0 Å². The lowest BCUT2D eigenvalue weighted by molar-refractivity contribution is 0.0769. The van der Waals surface area contributed by atoms with Crippen LogP contribution < -0.4 is 5.32 Å². The van der Waals surface area contributed by atoms with Crippen LogP contribution in [0.5, 0.6) is 0 Å². The van der Waals surface area contributed by atoms with Gasteiger partial charge >= 0.3 is 0 Å². The van der Waals surface area contributed by atoms with Crippen LogP contribution >= 0.6 is 0 Å². The molecule has 1 unspecified atom stereocenters. The van der Waals surface area contributed by atoms with Gasteiger partial charge in [-0.15, -0.1) is 0 Å². The van der Waals surface area contributed by atoms with Gasteiger partial charge in [0.05, 0.1) is 19.3 Å². The van der Waals surface area contributed by atoms with E-state index in [9.17, 15) is 0 Å². The van der Waals surface area contributed by atoms with Gasteiger partial charge in [-0.05, 0) is 16.5 Å². The highest BCUT2D eigenvalue weighted by Crippen LogP contribution is 2.24. The summed E-state index contributed by atoms with van der Waals surface area (Å²) in [6, 6.07) is 9.25. The van der Waals surface area contributed by atoms with Crippen molar-refractivity contribution in [1.82, 2.24) is 5.32 Å². The molecule has 0 spiro atoms. The van der Waals surface area contributed by atoms with Crippen molar-refractivity contribution >= 4 is 0 Å². The molecule has 0 bridgehead atoms. The molecule has 88 valence electrons. The summed E-state index contributed by atoms with van der Waals surface area (Å²) < 4.78 is 5.47. The maximum absolute atomic E-state index is 5.47. The van der Waals surface area contributed by atoms with E-state index in [1.807, 2.05) is 0 Å². The Balaban J connectivity index is 2.12. The molecule has 0 radical (unpaired) electrons. The topological polar surface area (TPSA) is 21.3 Å². The first-order valence-electron chi connectivity index (χ1n) is 5.99. The molecule has 1 heterocycles. The van der Waals surface area contributed by atoms with E-state index in [1.165, 1.54) is 11.1 Å². The summed E-state index contributed by atoms with van der Waals surface area (Å²) in [5.41, 5.74) is 2.94. The Labute approximate surface area is 98.0 Å². The standard InChI is InChI=1S/C14H21NO/c1-14(2,3)12-6-4-11(5-7-12)13-10-16-9-8-15-13/h4-7,13,15H,8-10H2,1-3H3. The quantitative estimate of drug-likeness (QED) is 0.784. The van der Waals surface area contributed by atoms with Crippen LogP contribution in [0.4, 0.5) is 0 Å². The Morgan fingerprint density at radius 1 is 1.19 bits per heavy atom. The number of ether oxygens (including phenoxy) is 1. The number of hydrogen-bond donors (Lipinski definition) is 1. The van der Waals surface area contributed by atoms with E-state index in [0.717, 1.165) is 19.8 Å².